The fourth-order valence-corrected chi connectivity index (χ4v) is 2.19. The molecule has 0 aliphatic rings. The van der Waals surface area contributed by atoms with Crippen LogP contribution in [0.5, 0.6) is 0 Å². The number of halogens is 2. The van der Waals surface area contributed by atoms with E-state index in [9.17, 15) is 4.79 Å². The van der Waals surface area contributed by atoms with E-state index in [-0.39, 0.29) is 11.8 Å². The first-order chi connectivity index (χ1) is 8.50. The Morgan fingerprint density at radius 2 is 2.11 bits per heavy atom. The van der Waals surface area contributed by atoms with Gasteiger partial charge in [0.1, 0.15) is 5.69 Å². The Hall–Kier alpha value is -1.13. The lowest BCUT2D eigenvalue weighted by Crippen LogP contribution is -2.13. The molecule has 0 amide bonds. The van der Waals surface area contributed by atoms with Crippen LogP contribution in [0.4, 0.5) is 0 Å². The molecule has 0 radical (unpaired) electrons. The molecule has 0 fully saturated rings. The second-order valence-corrected chi connectivity index (χ2v) is 5.47. The Bertz CT molecular complexity index is 592. The highest BCUT2D eigenvalue weighted by molar-refractivity contribution is 9.10. The van der Waals surface area contributed by atoms with Gasteiger partial charge >= 0.3 is 0 Å². The fraction of sp³-hybridized carbons (Fsp3) is 0.231. The zero-order valence-electron chi connectivity index (χ0n) is 10.0. The van der Waals surface area contributed by atoms with Crippen LogP contribution in [0, 0.1) is 0 Å². The average Bonchev–Trinajstić information content (AvgIpc) is 2.81. The molecule has 0 spiro atoms. The topological polar surface area (TPSA) is 34.9 Å². The van der Waals surface area contributed by atoms with Crippen LogP contribution in [0.1, 0.15) is 35.9 Å². The van der Waals surface area contributed by atoms with Gasteiger partial charge < -0.3 is 0 Å². The van der Waals surface area contributed by atoms with Crippen LogP contribution in [-0.2, 0) is 0 Å². The maximum Gasteiger partial charge on any atom is 0.211 e. The summed E-state index contributed by atoms with van der Waals surface area (Å²) in [6.45, 7) is 3.98. The van der Waals surface area contributed by atoms with Gasteiger partial charge in [-0.05, 0) is 54.0 Å². The lowest BCUT2D eigenvalue weighted by molar-refractivity contribution is 0.102. The minimum Gasteiger partial charge on any atom is -0.287 e. The number of hydrogen-bond donors (Lipinski definition) is 0. The molecule has 0 saturated heterocycles. The van der Waals surface area contributed by atoms with Crippen molar-refractivity contribution in [1.82, 2.24) is 9.78 Å². The zero-order chi connectivity index (χ0) is 13.3. The molecule has 2 rings (SSSR count). The fourth-order valence-electron chi connectivity index (χ4n) is 1.69. The molecule has 0 atom stereocenters. The highest BCUT2D eigenvalue weighted by Crippen LogP contribution is 2.24. The van der Waals surface area contributed by atoms with E-state index in [1.54, 1.807) is 35.1 Å². The van der Waals surface area contributed by atoms with Gasteiger partial charge in [0.25, 0.3) is 0 Å². The normalized spacial score (nSPS) is 10.9. The van der Waals surface area contributed by atoms with Crippen molar-refractivity contribution in [3.63, 3.8) is 0 Å². The average molecular weight is 328 g/mol. The molecule has 5 heteroatoms. The van der Waals surface area contributed by atoms with E-state index >= 15 is 0 Å². The van der Waals surface area contributed by atoms with Crippen LogP contribution in [0.2, 0.25) is 5.02 Å². The number of nitrogens with zero attached hydrogens (tertiary/aromatic N) is 2. The van der Waals surface area contributed by atoms with E-state index in [1.165, 1.54) is 0 Å². The van der Waals surface area contributed by atoms with Crippen LogP contribution >= 0.6 is 27.5 Å². The number of ketones is 1. The van der Waals surface area contributed by atoms with Crippen LogP contribution in [0.3, 0.4) is 0 Å². The summed E-state index contributed by atoms with van der Waals surface area (Å²) in [6.07, 6.45) is 1.64. The highest BCUT2D eigenvalue weighted by Gasteiger charge is 2.16. The number of benzene rings is 1. The van der Waals surface area contributed by atoms with Crippen LogP contribution in [-0.4, -0.2) is 15.6 Å². The molecule has 0 aliphatic heterocycles. The summed E-state index contributed by atoms with van der Waals surface area (Å²) in [6, 6.07) is 7.02. The summed E-state index contributed by atoms with van der Waals surface area (Å²) in [5.41, 5.74) is 1.17. The molecule has 94 valence electrons. The van der Waals surface area contributed by atoms with Gasteiger partial charge in [0.15, 0.2) is 0 Å². The molecule has 0 unspecified atom stereocenters. The van der Waals surface area contributed by atoms with Crippen molar-refractivity contribution in [3.8, 4) is 0 Å². The monoisotopic (exact) mass is 326 g/mol. The SMILES string of the molecule is CC(C)n1nccc1C(=O)c1ccc(Cl)c(Br)c1. The van der Waals surface area contributed by atoms with Crippen molar-refractivity contribution in [3.05, 3.63) is 51.2 Å². The van der Waals surface area contributed by atoms with Crippen molar-refractivity contribution < 1.29 is 4.79 Å². The molecule has 1 heterocycles. The molecule has 1 aromatic carbocycles. The Kier molecular flexibility index (Phi) is 3.88. The summed E-state index contributed by atoms with van der Waals surface area (Å²) >= 11 is 9.23. The van der Waals surface area contributed by atoms with E-state index in [1.807, 2.05) is 13.8 Å². The van der Waals surface area contributed by atoms with Crippen molar-refractivity contribution in [1.29, 1.82) is 0 Å². The van der Waals surface area contributed by atoms with E-state index in [0.29, 0.717) is 20.8 Å². The standard InChI is InChI=1S/C13H12BrClN2O/c1-8(2)17-12(5-6-16-17)13(18)9-3-4-11(15)10(14)7-9/h3-8H,1-2H3. The molecule has 0 saturated carbocycles. The second kappa shape index (κ2) is 5.24. The number of carbonyl (C=O) groups excluding carboxylic acids is 1. The highest BCUT2D eigenvalue weighted by atomic mass is 79.9. The second-order valence-electron chi connectivity index (χ2n) is 4.21. The number of hydrogen-bond acceptors (Lipinski definition) is 2. The Morgan fingerprint density at radius 3 is 2.72 bits per heavy atom. The van der Waals surface area contributed by atoms with E-state index in [4.69, 9.17) is 11.6 Å². The third-order valence-electron chi connectivity index (χ3n) is 2.57. The van der Waals surface area contributed by atoms with E-state index in [2.05, 4.69) is 21.0 Å². The van der Waals surface area contributed by atoms with Gasteiger partial charge in [-0.1, -0.05) is 11.6 Å². The van der Waals surface area contributed by atoms with Gasteiger partial charge in [0.2, 0.25) is 5.78 Å². The third-order valence-corrected chi connectivity index (χ3v) is 3.79. The van der Waals surface area contributed by atoms with E-state index in [0.717, 1.165) is 0 Å². The maximum atomic E-state index is 12.4. The summed E-state index contributed by atoms with van der Waals surface area (Å²) in [7, 11) is 0. The zero-order valence-corrected chi connectivity index (χ0v) is 12.4. The van der Waals surface area contributed by atoms with Crippen molar-refractivity contribution in [2.75, 3.05) is 0 Å². The maximum absolute atomic E-state index is 12.4. The first kappa shape index (κ1) is 13.3. The summed E-state index contributed by atoms with van der Waals surface area (Å²) in [5, 5.41) is 4.75. The summed E-state index contributed by atoms with van der Waals surface area (Å²) in [4.78, 5) is 12.4. The summed E-state index contributed by atoms with van der Waals surface area (Å²) in [5.74, 6) is -0.0569. The van der Waals surface area contributed by atoms with Gasteiger partial charge in [-0.3, -0.25) is 9.48 Å². The molecule has 3 nitrogen and oxygen atoms in total. The quantitative estimate of drug-likeness (QED) is 0.795. The van der Waals surface area contributed by atoms with Gasteiger partial charge in [-0.15, -0.1) is 0 Å². The Labute approximate surface area is 119 Å². The van der Waals surface area contributed by atoms with Crippen molar-refractivity contribution >= 4 is 33.3 Å². The molecule has 2 aromatic rings. The molecule has 0 N–H and O–H groups in total. The van der Waals surface area contributed by atoms with Gasteiger partial charge in [0, 0.05) is 22.3 Å². The first-order valence-corrected chi connectivity index (χ1v) is 6.71. The lowest BCUT2D eigenvalue weighted by Gasteiger charge is -2.10. The number of carbonyl (C=O) groups is 1. The predicted octanol–water partition coefficient (Wildman–Crippen LogP) is 4.11. The summed E-state index contributed by atoms with van der Waals surface area (Å²) < 4.78 is 2.43. The Morgan fingerprint density at radius 1 is 1.39 bits per heavy atom. The van der Waals surface area contributed by atoms with Crippen LogP contribution < -0.4 is 0 Å². The molecule has 1 aromatic heterocycles. The molecular formula is C13H12BrClN2O. The predicted molar refractivity (Wildman–Crippen MR) is 75.2 cm³/mol. The minimum absolute atomic E-state index is 0.0569. The van der Waals surface area contributed by atoms with Crippen molar-refractivity contribution in [2.45, 2.75) is 19.9 Å². The van der Waals surface area contributed by atoms with Crippen LogP contribution in [0.25, 0.3) is 0 Å². The van der Waals surface area contributed by atoms with Gasteiger partial charge in [-0.25, -0.2) is 0 Å². The van der Waals surface area contributed by atoms with E-state index < -0.39 is 0 Å². The largest absolute Gasteiger partial charge is 0.287 e. The Balaban J connectivity index is 2.42. The molecular weight excluding hydrogens is 316 g/mol. The van der Waals surface area contributed by atoms with Crippen LogP contribution in [0.15, 0.2) is 34.9 Å². The number of rotatable bonds is 3. The minimum atomic E-state index is -0.0569. The molecule has 18 heavy (non-hydrogen) atoms. The van der Waals surface area contributed by atoms with Gasteiger partial charge in [0.05, 0.1) is 5.02 Å². The molecule has 0 aliphatic carbocycles. The number of aromatic nitrogens is 2. The lowest BCUT2D eigenvalue weighted by atomic mass is 10.1. The smallest absolute Gasteiger partial charge is 0.211 e. The van der Waals surface area contributed by atoms with Crippen molar-refractivity contribution in [2.24, 2.45) is 0 Å². The van der Waals surface area contributed by atoms with Gasteiger partial charge in [-0.2, -0.15) is 5.10 Å². The first-order valence-electron chi connectivity index (χ1n) is 5.54. The molecule has 0 bridgehead atoms. The third kappa shape index (κ3) is 2.49.